The number of carbonyl (C=O) groups excluding carboxylic acids is 1. The molecule has 0 fully saturated rings. The van der Waals surface area contributed by atoms with Crippen LogP contribution in [0.15, 0.2) is 29.2 Å². The van der Waals surface area contributed by atoms with E-state index < -0.39 is 17.1 Å². The lowest BCUT2D eigenvalue weighted by molar-refractivity contribution is 0.0423. The summed E-state index contributed by atoms with van der Waals surface area (Å²) in [6.07, 6.45) is 1.77. The number of likely N-dealkylation sites (N-methyl/N-ethyl adjacent to an activating group) is 1. The van der Waals surface area contributed by atoms with Crippen molar-refractivity contribution in [3.8, 4) is 16.3 Å². The van der Waals surface area contributed by atoms with Crippen molar-refractivity contribution in [2.75, 3.05) is 20.3 Å². The predicted molar refractivity (Wildman–Crippen MR) is 118 cm³/mol. The Balaban J connectivity index is 1.70. The number of amides is 1. The van der Waals surface area contributed by atoms with Crippen LogP contribution in [-0.4, -0.2) is 57.0 Å². The molecule has 1 N–H and O–H groups in total. The number of pyridine rings is 1. The number of aromatic hydroxyl groups is 1. The van der Waals surface area contributed by atoms with E-state index in [1.807, 2.05) is 19.9 Å². The summed E-state index contributed by atoms with van der Waals surface area (Å²) >= 11 is 1.15. The highest BCUT2D eigenvalue weighted by Gasteiger charge is 2.35. The minimum absolute atomic E-state index is 0.0422. The molecule has 0 bridgehead atoms. The second-order valence-electron chi connectivity index (χ2n) is 7.69. The zero-order chi connectivity index (χ0) is 23.0. The van der Waals surface area contributed by atoms with Gasteiger partial charge in [0.2, 0.25) is 5.43 Å². The lowest BCUT2D eigenvalue weighted by atomic mass is 10.1. The first kappa shape index (κ1) is 22.1. The quantitative estimate of drug-likeness (QED) is 0.610. The Morgan fingerprint density at radius 1 is 1.31 bits per heavy atom. The van der Waals surface area contributed by atoms with E-state index in [-0.39, 0.29) is 29.5 Å². The molecular weight excluding hydrogens is 435 g/mol. The SMILES string of the molecule is CCN1C(=O)c2c(O)c(=O)c(-c3nnc(Cc4ccc(C)cc4F)s3)cn2CC1COC. The van der Waals surface area contributed by atoms with Gasteiger partial charge in [-0.25, -0.2) is 4.39 Å². The van der Waals surface area contributed by atoms with Gasteiger partial charge >= 0.3 is 0 Å². The number of hydrogen-bond donors (Lipinski definition) is 1. The number of halogens is 1. The molecule has 0 spiro atoms. The first-order valence-corrected chi connectivity index (χ1v) is 11.0. The molecule has 1 aliphatic rings. The van der Waals surface area contributed by atoms with Gasteiger partial charge < -0.3 is 19.3 Å². The maximum Gasteiger partial charge on any atom is 0.274 e. The third kappa shape index (κ3) is 3.91. The fraction of sp³-hybridized carbons (Fsp3) is 0.364. The number of rotatable bonds is 6. The molecule has 4 rings (SSSR count). The van der Waals surface area contributed by atoms with Crippen molar-refractivity contribution in [2.45, 2.75) is 32.9 Å². The zero-order valence-electron chi connectivity index (χ0n) is 18.0. The fourth-order valence-electron chi connectivity index (χ4n) is 3.93. The van der Waals surface area contributed by atoms with Gasteiger partial charge in [0.15, 0.2) is 16.5 Å². The summed E-state index contributed by atoms with van der Waals surface area (Å²) in [5.41, 5.74) is 0.725. The lowest BCUT2D eigenvalue weighted by Crippen LogP contribution is -2.50. The number of carbonyl (C=O) groups is 1. The van der Waals surface area contributed by atoms with Gasteiger partial charge in [-0.05, 0) is 31.0 Å². The van der Waals surface area contributed by atoms with E-state index in [9.17, 15) is 19.1 Å². The van der Waals surface area contributed by atoms with Crippen molar-refractivity contribution in [3.63, 3.8) is 0 Å². The number of aromatic nitrogens is 3. The number of fused-ring (bicyclic) bond motifs is 1. The van der Waals surface area contributed by atoms with E-state index >= 15 is 0 Å². The van der Waals surface area contributed by atoms with Gasteiger partial charge in [0.25, 0.3) is 5.91 Å². The first-order chi connectivity index (χ1) is 15.3. The van der Waals surface area contributed by atoms with Crippen LogP contribution in [0, 0.1) is 12.7 Å². The molecule has 0 saturated carbocycles. The van der Waals surface area contributed by atoms with Gasteiger partial charge in [-0.3, -0.25) is 9.59 Å². The second kappa shape index (κ2) is 8.79. The van der Waals surface area contributed by atoms with Crippen molar-refractivity contribution in [1.82, 2.24) is 19.7 Å². The first-order valence-electron chi connectivity index (χ1n) is 10.2. The molecule has 0 saturated heterocycles. The predicted octanol–water partition coefficient (Wildman–Crippen LogP) is 2.60. The molecule has 3 heterocycles. The monoisotopic (exact) mass is 458 g/mol. The summed E-state index contributed by atoms with van der Waals surface area (Å²) in [5, 5.41) is 19.6. The Morgan fingerprint density at radius 2 is 2.09 bits per heavy atom. The summed E-state index contributed by atoms with van der Waals surface area (Å²) in [6.45, 7) is 4.76. The highest BCUT2D eigenvalue weighted by molar-refractivity contribution is 7.14. The van der Waals surface area contributed by atoms with Crippen LogP contribution in [0.3, 0.4) is 0 Å². The number of benzene rings is 1. The van der Waals surface area contributed by atoms with Gasteiger partial charge in [0, 0.05) is 32.8 Å². The van der Waals surface area contributed by atoms with E-state index in [0.29, 0.717) is 35.3 Å². The van der Waals surface area contributed by atoms with Crippen LogP contribution in [0.25, 0.3) is 10.6 Å². The molecule has 1 atom stereocenters. The van der Waals surface area contributed by atoms with Crippen molar-refractivity contribution >= 4 is 17.2 Å². The number of hydrogen-bond acceptors (Lipinski definition) is 7. The minimum Gasteiger partial charge on any atom is -0.503 e. The van der Waals surface area contributed by atoms with Gasteiger partial charge in [0.05, 0.1) is 18.2 Å². The third-order valence-corrected chi connectivity index (χ3v) is 6.47. The molecule has 10 heteroatoms. The van der Waals surface area contributed by atoms with E-state index in [2.05, 4.69) is 10.2 Å². The van der Waals surface area contributed by atoms with Crippen LogP contribution in [0.1, 0.15) is 33.5 Å². The zero-order valence-corrected chi connectivity index (χ0v) is 18.8. The third-order valence-electron chi connectivity index (χ3n) is 5.52. The maximum absolute atomic E-state index is 14.2. The normalized spacial score (nSPS) is 15.8. The Kier molecular flexibility index (Phi) is 6.07. The summed E-state index contributed by atoms with van der Waals surface area (Å²) in [6, 6.07) is 4.75. The minimum atomic E-state index is -0.685. The van der Waals surface area contributed by atoms with E-state index in [1.54, 1.807) is 22.6 Å². The Bertz CT molecular complexity index is 1240. The second-order valence-corrected chi connectivity index (χ2v) is 8.76. The molecular formula is C22H23FN4O4S. The number of nitrogens with zero attached hydrogens (tertiary/aromatic N) is 4. The van der Waals surface area contributed by atoms with Gasteiger partial charge in [-0.1, -0.05) is 23.5 Å². The summed E-state index contributed by atoms with van der Waals surface area (Å²) in [4.78, 5) is 27.4. The van der Waals surface area contributed by atoms with Crippen LogP contribution in [-0.2, 0) is 17.7 Å². The van der Waals surface area contributed by atoms with Gasteiger partial charge in [0.1, 0.15) is 10.8 Å². The standard InChI is InChI=1S/C22H23FN4O4S/c1-4-27-14(11-31-3)9-26-10-15(19(28)20(29)18(26)22(27)30)21-25-24-17(32-21)8-13-6-5-12(2)7-16(13)23/h5-7,10,14,29H,4,8-9,11H2,1-3H3. The Morgan fingerprint density at radius 3 is 2.78 bits per heavy atom. The molecule has 1 amide bonds. The molecule has 0 radical (unpaired) electrons. The van der Waals surface area contributed by atoms with Crippen LogP contribution >= 0.6 is 11.3 Å². The van der Waals surface area contributed by atoms with E-state index in [1.165, 1.54) is 12.3 Å². The maximum atomic E-state index is 14.2. The van der Waals surface area contributed by atoms with Crippen molar-refractivity contribution < 1.29 is 19.0 Å². The molecule has 0 aliphatic carbocycles. The van der Waals surface area contributed by atoms with Crippen molar-refractivity contribution in [3.05, 3.63) is 62.3 Å². The van der Waals surface area contributed by atoms with Crippen LogP contribution in [0.5, 0.6) is 5.75 Å². The Hall–Kier alpha value is -3.11. The van der Waals surface area contributed by atoms with Crippen molar-refractivity contribution in [2.24, 2.45) is 0 Å². The average molecular weight is 459 g/mol. The lowest BCUT2D eigenvalue weighted by Gasteiger charge is -2.36. The molecule has 8 nitrogen and oxygen atoms in total. The average Bonchev–Trinajstić information content (AvgIpc) is 3.21. The smallest absolute Gasteiger partial charge is 0.274 e. The highest BCUT2D eigenvalue weighted by Crippen LogP contribution is 2.29. The molecule has 168 valence electrons. The summed E-state index contributed by atoms with van der Waals surface area (Å²) < 4.78 is 21.0. The van der Waals surface area contributed by atoms with Gasteiger partial charge in [-0.15, -0.1) is 10.2 Å². The topological polar surface area (TPSA) is 97.5 Å². The Labute approximate surface area is 187 Å². The molecule has 2 aromatic heterocycles. The number of aryl methyl sites for hydroxylation is 1. The number of ether oxygens (including phenoxy) is 1. The number of methoxy groups -OCH3 is 1. The molecule has 1 unspecified atom stereocenters. The fourth-order valence-corrected chi connectivity index (χ4v) is 4.80. The van der Waals surface area contributed by atoms with Crippen LogP contribution < -0.4 is 5.43 Å². The summed E-state index contributed by atoms with van der Waals surface area (Å²) in [5.74, 6) is -1.35. The van der Waals surface area contributed by atoms with Crippen molar-refractivity contribution in [1.29, 1.82) is 0 Å². The summed E-state index contributed by atoms with van der Waals surface area (Å²) in [7, 11) is 1.56. The highest BCUT2D eigenvalue weighted by atomic mass is 32.1. The van der Waals surface area contributed by atoms with E-state index in [4.69, 9.17) is 4.74 Å². The van der Waals surface area contributed by atoms with Crippen LogP contribution in [0.4, 0.5) is 4.39 Å². The van der Waals surface area contributed by atoms with Crippen LogP contribution in [0.2, 0.25) is 0 Å². The molecule has 32 heavy (non-hydrogen) atoms. The molecule has 1 aromatic carbocycles. The molecule has 3 aromatic rings. The largest absolute Gasteiger partial charge is 0.503 e. The molecule has 1 aliphatic heterocycles. The van der Waals surface area contributed by atoms with Gasteiger partial charge in [-0.2, -0.15) is 0 Å². The van der Waals surface area contributed by atoms with E-state index in [0.717, 1.165) is 16.9 Å².